The highest BCUT2D eigenvalue weighted by molar-refractivity contribution is 5.83. The molecule has 0 radical (unpaired) electrons. The van der Waals surface area contributed by atoms with E-state index < -0.39 is 23.5 Å². The first-order chi connectivity index (χ1) is 7.99. The van der Waals surface area contributed by atoms with Gasteiger partial charge >= 0.3 is 12.0 Å². The molecule has 0 aromatic heterocycles. The Morgan fingerprint density at radius 1 is 1.17 bits per heavy atom. The van der Waals surface area contributed by atoms with Crippen LogP contribution in [0.1, 0.15) is 48.0 Å². The number of hydrogen-bond donors (Lipinski definition) is 3. The molecule has 0 aromatic rings. The molecule has 0 aliphatic heterocycles. The summed E-state index contributed by atoms with van der Waals surface area (Å²) in [4.78, 5) is 22.8. The SMILES string of the molecule is CCC(C)(C)CNC(=O)NC(C(=O)O)C(C)(C)C. The van der Waals surface area contributed by atoms with Crippen molar-refractivity contribution in [1.82, 2.24) is 10.6 Å². The van der Waals surface area contributed by atoms with E-state index in [1.165, 1.54) is 0 Å². The lowest BCUT2D eigenvalue weighted by Gasteiger charge is -2.29. The summed E-state index contributed by atoms with van der Waals surface area (Å²) in [5.41, 5.74) is -0.513. The molecule has 3 N–H and O–H groups in total. The van der Waals surface area contributed by atoms with Crippen LogP contribution in [0, 0.1) is 10.8 Å². The van der Waals surface area contributed by atoms with Crippen molar-refractivity contribution in [2.75, 3.05) is 6.54 Å². The van der Waals surface area contributed by atoms with Crippen LogP contribution in [-0.4, -0.2) is 29.7 Å². The van der Waals surface area contributed by atoms with Crippen LogP contribution >= 0.6 is 0 Å². The fourth-order valence-corrected chi connectivity index (χ4v) is 1.28. The van der Waals surface area contributed by atoms with E-state index in [4.69, 9.17) is 5.11 Å². The average molecular weight is 258 g/mol. The molecule has 0 fully saturated rings. The van der Waals surface area contributed by atoms with E-state index in [1.807, 2.05) is 13.8 Å². The molecule has 0 saturated heterocycles. The van der Waals surface area contributed by atoms with Crippen LogP contribution in [0.15, 0.2) is 0 Å². The number of carbonyl (C=O) groups excluding carboxylic acids is 1. The average Bonchev–Trinajstić information content (AvgIpc) is 2.21. The zero-order chi connectivity index (χ0) is 14.6. The summed E-state index contributed by atoms with van der Waals surface area (Å²) in [5.74, 6) is -1.02. The zero-order valence-electron chi connectivity index (χ0n) is 12.3. The maximum Gasteiger partial charge on any atom is 0.326 e. The minimum Gasteiger partial charge on any atom is -0.480 e. The minimum absolute atomic E-state index is 0.0117. The van der Waals surface area contributed by atoms with Gasteiger partial charge in [-0.3, -0.25) is 0 Å². The Bertz CT molecular complexity index is 306. The molecule has 5 nitrogen and oxygen atoms in total. The molecule has 0 bridgehead atoms. The summed E-state index contributed by atoms with van der Waals surface area (Å²) in [7, 11) is 0. The summed E-state index contributed by atoms with van der Waals surface area (Å²) in [6, 6.07) is -1.33. The van der Waals surface area contributed by atoms with Gasteiger partial charge in [-0.1, -0.05) is 41.5 Å². The minimum atomic E-state index is -1.02. The topological polar surface area (TPSA) is 78.4 Å². The molecule has 5 heteroatoms. The first-order valence-corrected chi connectivity index (χ1v) is 6.27. The second-order valence-corrected chi connectivity index (χ2v) is 6.48. The van der Waals surface area contributed by atoms with Crippen molar-refractivity contribution in [3.8, 4) is 0 Å². The van der Waals surface area contributed by atoms with Gasteiger partial charge in [0.25, 0.3) is 0 Å². The first-order valence-electron chi connectivity index (χ1n) is 6.27. The molecule has 0 saturated carbocycles. The van der Waals surface area contributed by atoms with Crippen molar-refractivity contribution in [2.24, 2.45) is 10.8 Å². The molecule has 0 aliphatic rings. The standard InChI is InChI=1S/C13H26N2O3/c1-7-13(5,6)8-14-11(18)15-9(10(16)17)12(2,3)4/h9H,7-8H2,1-6H3,(H,16,17)(H2,14,15,18). The quantitative estimate of drug-likeness (QED) is 0.707. The lowest BCUT2D eigenvalue weighted by atomic mass is 9.87. The fraction of sp³-hybridized carbons (Fsp3) is 0.846. The lowest BCUT2D eigenvalue weighted by Crippen LogP contribution is -2.53. The van der Waals surface area contributed by atoms with Crippen LogP contribution in [0.5, 0.6) is 0 Å². The van der Waals surface area contributed by atoms with E-state index >= 15 is 0 Å². The summed E-state index contributed by atoms with van der Waals surface area (Å²) in [6.45, 7) is 12.0. The monoisotopic (exact) mass is 258 g/mol. The molecule has 0 aliphatic carbocycles. The number of hydrogen-bond acceptors (Lipinski definition) is 2. The number of urea groups is 1. The van der Waals surface area contributed by atoms with E-state index in [1.54, 1.807) is 20.8 Å². The molecular formula is C13H26N2O3. The van der Waals surface area contributed by atoms with E-state index in [0.717, 1.165) is 6.42 Å². The summed E-state index contributed by atoms with van der Waals surface area (Å²) in [6.07, 6.45) is 0.939. The third-order valence-corrected chi connectivity index (χ3v) is 3.07. The molecule has 1 unspecified atom stereocenters. The number of rotatable bonds is 5. The normalized spacial score (nSPS) is 13.9. The van der Waals surface area contributed by atoms with Crippen molar-refractivity contribution in [1.29, 1.82) is 0 Å². The van der Waals surface area contributed by atoms with Crippen LogP contribution in [0.2, 0.25) is 0 Å². The van der Waals surface area contributed by atoms with Crippen LogP contribution in [0.3, 0.4) is 0 Å². The summed E-state index contributed by atoms with van der Waals surface area (Å²) in [5, 5.41) is 14.3. The van der Waals surface area contributed by atoms with Gasteiger partial charge in [-0.05, 0) is 17.3 Å². The van der Waals surface area contributed by atoms with Gasteiger partial charge in [0, 0.05) is 6.54 Å². The Kier molecular flexibility index (Phi) is 5.64. The van der Waals surface area contributed by atoms with Crippen molar-refractivity contribution in [3.63, 3.8) is 0 Å². The van der Waals surface area contributed by atoms with Crippen molar-refractivity contribution in [3.05, 3.63) is 0 Å². The van der Waals surface area contributed by atoms with Gasteiger partial charge in [-0.15, -0.1) is 0 Å². The third-order valence-electron chi connectivity index (χ3n) is 3.07. The Labute approximate surface area is 109 Å². The van der Waals surface area contributed by atoms with Crippen LogP contribution in [0.25, 0.3) is 0 Å². The van der Waals surface area contributed by atoms with Crippen molar-refractivity contribution < 1.29 is 14.7 Å². The molecule has 2 amide bonds. The van der Waals surface area contributed by atoms with Crippen LogP contribution < -0.4 is 10.6 Å². The van der Waals surface area contributed by atoms with E-state index in [9.17, 15) is 9.59 Å². The zero-order valence-corrected chi connectivity index (χ0v) is 12.3. The van der Waals surface area contributed by atoms with Gasteiger partial charge in [-0.25, -0.2) is 9.59 Å². The molecule has 106 valence electrons. The highest BCUT2D eigenvalue weighted by Gasteiger charge is 2.32. The van der Waals surface area contributed by atoms with Gasteiger partial charge in [0.2, 0.25) is 0 Å². The van der Waals surface area contributed by atoms with Gasteiger partial charge in [0.1, 0.15) is 6.04 Å². The van der Waals surface area contributed by atoms with Gasteiger partial charge < -0.3 is 15.7 Å². The number of aliphatic carboxylic acids is 1. The Morgan fingerprint density at radius 3 is 2.00 bits per heavy atom. The van der Waals surface area contributed by atoms with Crippen LogP contribution in [-0.2, 0) is 4.79 Å². The Morgan fingerprint density at radius 2 is 1.67 bits per heavy atom. The molecule has 1 atom stereocenters. The highest BCUT2D eigenvalue weighted by atomic mass is 16.4. The number of nitrogens with one attached hydrogen (secondary N) is 2. The second kappa shape index (κ2) is 6.07. The second-order valence-electron chi connectivity index (χ2n) is 6.48. The maximum atomic E-state index is 11.7. The van der Waals surface area contributed by atoms with E-state index in [2.05, 4.69) is 17.6 Å². The Balaban J connectivity index is 4.42. The van der Waals surface area contributed by atoms with Crippen molar-refractivity contribution in [2.45, 2.75) is 54.0 Å². The molecule has 0 spiro atoms. The largest absolute Gasteiger partial charge is 0.480 e. The number of carboxylic acid groups (broad SMARTS) is 1. The molecule has 0 aromatic carbocycles. The first kappa shape index (κ1) is 16.7. The third kappa shape index (κ3) is 5.89. The van der Waals surface area contributed by atoms with Gasteiger partial charge in [0.05, 0.1) is 0 Å². The maximum absolute atomic E-state index is 11.7. The number of carboxylic acids is 1. The molecule has 0 rings (SSSR count). The number of amides is 2. The van der Waals surface area contributed by atoms with Gasteiger partial charge in [0.15, 0.2) is 0 Å². The Hall–Kier alpha value is -1.26. The molecule has 0 heterocycles. The predicted molar refractivity (Wildman–Crippen MR) is 71.5 cm³/mol. The molecule has 18 heavy (non-hydrogen) atoms. The predicted octanol–water partition coefficient (Wildman–Crippen LogP) is 2.22. The van der Waals surface area contributed by atoms with Crippen molar-refractivity contribution >= 4 is 12.0 Å². The number of carbonyl (C=O) groups is 2. The van der Waals surface area contributed by atoms with E-state index in [0.29, 0.717) is 6.54 Å². The fourth-order valence-electron chi connectivity index (χ4n) is 1.28. The summed E-state index contributed by atoms with van der Waals surface area (Å²) < 4.78 is 0. The van der Waals surface area contributed by atoms with E-state index in [-0.39, 0.29) is 5.41 Å². The molecular weight excluding hydrogens is 232 g/mol. The summed E-state index contributed by atoms with van der Waals surface area (Å²) >= 11 is 0. The smallest absolute Gasteiger partial charge is 0.326 e. The lowest BCUT2D eigenvalue weighted by molar-refractivity contribution is -0.141. The highest BCUT2D eigenvalue weighted by Crippen LogP contribution is 2.20. The van der Waals surface area contributed by atoms with Crippen LogP contribution in [0.4, 0.5) is 4.79 Å². The van der Waals surface area contributed by atoms with Gasteiger partial charge in [-0.2, -0.15) is 0 Å².